The van der Waals surface area contributed by atoms with Crippen molar-refractivity contribution in [1.29, 1.82) is 0 Å². The Morgan fingerprint density at radius 1 is 1.50 bits per heavy atom. The highest BCUT2D eigenvalue weighted by Gasteiger charge is 2.14. The van der Waals surface area contributed by atoms with E-state index < -0.39 is 0 Å². The van der Waals surface area contributed by atoms with Gasteiger partial charge in [0.2, 0.25) is 5.95 Å². The van der Waals surface area contributed by atoms with Crippen LogP contribution in [0.5, 0.6) is 5.75 Å². The van der Waals surface area contributed by atoms with Crippen molar-refractivity contribution in [2.24, 2.45) is 0 Å². The van der Waals surface area contributed by atoms with E-state index in [-0.39, 0.29) is 0 Å². The lowest BCUT2D eigenvalue weighted by Crippen LogP contribution is -2.23. The van der Waals surface area contributed by atoms with Gasteiger partial charge in [-0.05, 0) is 13.0 Å². The molecule has 1 aromatic rings. The molecule has 1 aliphatic heterocycles. The molecule has 0 bridgehead atoms. The lowest BCUT2D eigenvalue weighted by molar-refractivity contribution is 0.411. The first-order valence-electron chi connectivity index (χ1n) is 4.72. The van der Waals surface area contributed by atoms with Crippen molar-refractivity contribution in [2.75, 3.05) is 25.5 Å². The Bertz CT molecular complexity index is 281. The van der Waals surface area contributed by atoms with Crippen LogP contribution in [0.2, 0.25) is 0 Å². The average Bonchev–Trinajstić information content (AvgIpc) is 2.72. The van der Waals surface area contributed by atoms with E-state index in [4.69, 9.17) is 4.74 Å². The van der Waals surface area contributed by atoms with E-state index in [1.807, 2.05) is 0 Å². The summed E-state index contributed by atoms with van der Waals surface area (Å²) in [6.45, 7) is 2.04. The first-order valence-corrected chi connectivity index (χ1v) is 4.72. The minimum atomic E-state index is 0.448. The standard InChI is InChI=1S/C9H14N4O/c1-14-8-5-11-9(12-6-8)13-7-2-3-10-4-7/h5-7,10H,2-4H2,1H3,(H,11,12,13). The number of rotatable bonds is 3. The fourth-order valence-electron chi connectivity index (χ4n) is 1.46. The van der Waals surface area contributed by atoms with Crippen LogP contribution in [0, 0.1) is 0 Å². The molecule has 1 fully saturated rings. The Labute approximate surface area is 82.9 Å². The predicted octanol–water partition coefficient (Wildman–Crippen LogP) is 0.259. The van der Waals surface area contributed by atoms with Gasteiger partial charge in [-0.2, -0.15) is 0 Å². The molecule has 0 aliphatic carbocycles. The van der Waals surface area contributed by atoms with E-state index in [1.165, 1.54) is 0 Å². The summed E-state index contributed by atoms with van der Waals surface area (Å²) in [7, 11) is 1.60. The largest absolute Gasteiger partial charge is 0.494 e. The fraction of sp³-hybridized carbons (Fsp3) is 0.556. The normalized spacial score (nSPS) is 20.8. The molecule has 2 N–H and O–H groups in total. The van der Waals surface area contributed by atoms with Crippen LogP contribution in [-0.2, 0) is 0 Å². The van der Waals surface area contributed by atoms with Gasteiger partial charge in [0.15, 0.2) is 5.75 Å². The number of nitrogens with zero attached hydrogens (tertiary/aromatic N) is 2. The van der Waals surface area contributed by atoms with Crippen LogP contribution in [0.15, 0.2) is 12.4 Å². The summed E-state index contributed by atoms with van der Waals surface area (Å²) in [6, 6.07) is 0.448. The third-order valence-corrected chi connectivity index (χ3v) is 2.26. The van der Waals surface area contributed by atoms with E-state index in [0.29, 0.717) is 17.7 Å². The summed E-state index contributed by atoms with van der Waals surface area (Å²) in [5.41, 5.74) is 0. The van der Waals surface area contributed by atoms with Gasteiger partial charge in [0.1, 0.15) is 0 Å². The summed E-state index contributed by atoms with van der Waals surface area (Å²) < 4.78 is 4.97. The molecule has 1 unspecified atom stereocenters. The molecular weight excluding hydrogens is 180 g/mol. The fourth-order valence-corrected chi connectivity index (χ4v) is 1.46. The minimum Gasteiger partial charge on any atom is -0.494 e. The molecule has 5 heteroatoms. The highest BCUT2D eigenvalue weighted by atomic mass is 16.5. The summed E-state index contributed by atoms with van der Waals surface area (Å²) in [4.78, 5) is 8.28. The highest BCUT2D eigenvalue weighted by Crippen LogP contribution is 2.09. The molecule has 1 saturated heterocycles. The zero-order valence-corrected chi connectivity index (χ0v) is 8.16. The van der Waals surface area contributed by atoms with Crippen LogP contribution in [-0.4, -0.2) is 36.2 Å². The molecule has 14 heavy (non-hydrogen) atoms. The van der Waals surface area contributed by atoms with Gasteiger partial charge in [0.05, 0.1) is 19.5 Å². The maximum Gasteiger partial charge on any atom is 0.223 e. The lowest BCUT2D eigenvalue weighted by Gasteiger charge is -2.10. The average molecular weight is 194 g/mol. The van der Waals surface area contributed by atoms with Crippen LogP contribution in [0.1, 0.15) is 6.42 Å². The molecule has 0 spiro atoms. The van der Waals surface area contributed by atoms with E-state index >= 15 is 0 Å². The van der Waals surface area contributed by atoms with Crippen LogP contribution in [0.3, 0.4) is 0 Å². The van der Waals surface area contributed by atoms with Gasteiger partial charge in [-0.3, -0.25) is 0 Å². The van der Waals surface area contributed by atoms with E-state index in [0.717, 1.165) is 19.5 Å². The Morgan fingerprint density at radius 2 is 2.29 bits per heavy atom. The second-order valence-corrected chi connectivity index (χ2v) is 3.28. The summed E-state index contributed by atoms with van der Waals surface area (Å²) >= 11 is 0. The Balaban J connectivity index is 1.95. The molecule has 1 aromatic heterocycles. The molecule has 1 aliphatic rings. The molecule has 0 amide bonds. The first kappa shape index (κ1) is 9.21. The maximum absolute atomic E-state index is 4.97. The lowest BCUT2D eigenvalue weighted by atomic mass is 10.3. The highest BCUT2D eigenvalue weighted by molar-refractivity contribution is 5.28. The number of aromatic nitrogens is 2. The van der Waals surface area contributed by atoms with Crippen molar-refractivity contribution in [1.82, 2.24) is 15.3 Å². The molecule has 2 heterocycles. The van der Waals surface area contributed by atoms with E-state index in [1.54, 1.807) is 19.5 Å². The van der Waals surface area contributed by atoms with Gasteiger partial charge >= 0.3 is 0 Å². The molecule has 5 nitrogen and oxygen atoms in total. The van der Waals surface area contributed by atoms with Gasteiger partial charge in [-0.1, -0.05) is 0 Å². The molecule has 0 radical (unpaired) electrons. The van der Waals surface area contributed by atoms with Gasteiger partial charge in [0.25, 0.3) is 0 Å². The molecule has 0 saturated carbocycles. The quantitative estimate of drug-likeness (QED) is 0.722. The van der Waals surface area contributed by atoms with E-state index in [2.05, 4.69) is 20.6 Å². The molecule has 0 aromatic carbocycles. The number of ether oxygens (including phenoxy) is 1. The second kappa shape index (κ2) is 4.23. The van der Waals surface area contributed by atoms with Crippen molar-refractivity contribution in [3.05, 3.63) is 12.4 Å². The number of hydrogen-bond donors (Lipinski definition) is 2. The van der Waals surface area contributed by atoms with Crippen LogP contribution < -0.4 is 15.4 Å². The van der Waals surface area contributed by atoms with Crippen LogP contribution in [0.4, 0.5) is 5.95 Å². The molecule has 2 rings (SSSR count). The predicted molar refractivity (Wildman–Crippen MR) is 53.5 cm³/mol. The zero-order chi connectivity index (χ0) is 9.80. The van der Waals surface area contributed by atoms with Gasteiger partial charge < -0.3 is 15.4 Å². The van der Waals surface area contributed by atoms with Crippen molar-refractivity contribution >= 4 is 5.95 Å². The Hall–Kier alpha value is -1.36. The maximum atomic E-state index is 4.97. The van der Waals surface area contributed by atoms with E-state index in [9.17, 15) is 0 Å². The summed E-state index contributed by atoms with van der Waals surface area (Å²) in [5, 5.41) is 6.52. The monoisotopic (exact) mass is 194 g/mol. The minimum absolute atomic E-state index is 0.448. The zero-order valence-electron chi connectivity index (χ0n) is 8.16. The number of methoxy groups -OCH3 is 1. The van der Waals surface area contributed by atoms with Crippen molar-refractivity contribution in [3.8, 4) is 5.75 Å². The molecular formula is C9H14N4O. The number of nitrogens with one attached hydrogen (secondary N) is 2. The summed E-state index contributed by atoms with van der Waals surface area (Å²) in [5.74, 6) is 1.35. The van der Waals surface area contributed by atoms with Crippen molar-refractivity contribution < 1.29 is 4.74 Å². The van der Waals surface area contributed by atoms with Crippen molar-refractivity contribution in [3.63, 3.8) is 0 Å². The Morgan fingerprint density at radius 3 is 2.86 bits per heavy atom. The van der Waals surface area contributed by atoms with Crippen LogP contribution in [0.25, 0.3) is 0 Å². The smallest absolute Gasteiger partial charge is 0.223 e. The van der Waals surface area contributed by atoms with Crippen LogP contribution >= 0.6 is 0 Å². The molecule has 1 atom stereocenters. The van der Waals surface area contributed by atoms with Gasteiger partial charge in [-0.25, -0.2) is 9.97 Å². The Kier molecular flexibility index (Phi) is 2.78. The van der Waals surface area contributed by atoms with Gasteiger partial charge in [-0.15, -0.1) is 0 Å². The third-order valence-electron chi connectivity index (χ3n) is 2.26. The molecule has 76 valence electrons. The van der Waals surface area contributed by atoms with Gasteiger partial charge in [0, 0.05) is 12.6 Å². The third kappa shape index (κ3) is 2.11. The number of hydrogen-bond acceptors (Lipinski definition) is 5. The summed E-state index contributed by atoms with van der Waals surface area (Å²) in [6.07, 6.45) is 4.45. The van der Waals surface area contributed by atoms with Crippen molar-refractivity contribution in [2.45, 2.75) is 12.5 Å². The SMILES string of the molecule is COc1cnc(NC2CCNC2)nc1. The first-order chi connectivity index (χ1) is 6.88. The second-order valence-electron chi connectivity index (χ2n) is 3.28. The number of anilines is 1. The topological polar surface area (TPSA) is 59.1 Å².